The number of aromatic nitrogens is 2. The summed E-state index contributed by atoms with van der Waals surface area (Å²) in [6.45, 7) is 4.73. The molecule has 1 aliphatic rings. The Hall–Kier alpha value is -2.47. The Morgan fingerprint density at radius 3 is 2.82 bits per heavy atom. The van der Waals surface area contributed by atoms with Crippen LogP contribution < -0.4 is 10.2 Å². The van der Waals surface area contributed by atoms with Crippen molar-refractivity contribution in [2.45, 2.75) is 6.92 Å². The largest absolute Gasteiger partial charge is 0.378 e. The average molecular weight is 298 g/mol. The van der Waals surface area contributed by atoms with Crippen LogP contribution in [-0.4, -0.2) is 42.2 Å². The molecule has 6 nitrogen and oxygen atoms in total. The minimum absolute atomic E-state index is 0.201. The first-order valence-corrected chi connectivity index (χ1v) is 7.26. The van der Waals surface area contributed by atoms with Gasteiger partial charge in [-0.1, -0.05) is 0 Å². The first-order valence-electron chi connectivity index (χ1n) is 7.26. The number of morpholine rings is 1. The summed E-state index contributed by atoms with van der Waals surface area (Å²) in [6, 6.07) is 7.27. The van der Waals surface area contributed by atoms with Crippen molar-refractivity contribution in [3.05, 3.63) is 47.8 Å². The number of hydrogen-bond acceptors (Lipinski definition) is 5. The molecule has 0 radical (unpaired) electrons. The number of hydrogen-bond donors (Lipinski definition) is 1. The molecule has 1 fully saturated rings. The second kappa shape index (κ2) is 6.53. The van der Waals surface area contributed by atoms with Gasteiger partial charge in [0.1, 0.15) is 11.6 Å². The highest BCUT2D eigenvalue weighted by Gasteiger charge is 2.20. The molecule has 0 spiro atoms. The third-order valence-electron chi connectivity index (χ3n) is 3.50. The Kier molecular flexibility index (Phi) is 4.29. The highest BCUT2D eigenvalue weighted by molar-refractivity contribution is 6.07. The van der Waals surface area contributed by atoms with Gasteiger partial charge in [0, 0.05) is 25.5 Å². The lowest BCUT2D eigenvalue weighted by atomic mass is 10.2. The molecule has 114 valence electrons. The van der Waals surface area contributed by atoms with Crippen molar-refractivity contribution in [1.82, 2.24) is 9.97 Å². The number of nitrogens with zero attached hydrogens (tertiary/aromatic N) is 3. The fraction of sp³-hybridized carbons (Fsp3) is 0.312. The number of nitrogens with one attached hydrogen (secondary N) is 1. The zero-order valence-electron chi connectivity index (χ0n) is 12.5. The van der Waals surface area contributed by atoms with Gasteiger partial charge in [-0.2, -0.15) is 0 Å². The molecule has 0 atom stereocenters. The molecule has 2 aromatic rings. The summed E-state index contributed by atoms with van der Waals surface area (Å²) in [6.07, 6.45) is 3.38. The summed E-state index contributed by atoms with van der Waals surface area (Å²) < 4.78 is 5.35. The molecule has 1 N–H and O–H groups in total. The van der Waals surface area contributed by atoms with Crippen LogP contribution in [0.15, 0.2) is 36.7 Å². The highest BCUT2D eigenvalue weighted by atomic mass is 16.5. The summed E-state index contributed by atoms with van der Waals surface area (Å²) >= 11 is 0. The molecule has 0 aromatic carbocycles. The number of aryl methyl sites for hydroxylation is 1. The van der Waals surface area contributed by atoms with Crippen LogP contribution in [0.5, 0.6) is 0 Å². The minimum atomic E-state index is -0.201. The molecule has 1 amide bonds. The number of ether oxygens (including phenoxy) is 1. The second-order valence-corrected chi connectivity index (χ2v) is 5.15. The number of rotatable bonds is 3. The van der Waals surface area contributed by atoms with Gasteiger partial charge in [0.05, 0.1) is 18.8 Å². The van der Waals surface area contributed by atoms with Crippen molar-refractivity contribution < 1.29 is 9.53 Å². The quantitative estimate of drug-likeness (QED) is 0.937. The van der Waals surface area contributed by atoms with Gasteiger partial charge in [-0.15, -0.1) is 0 Å². The van der Waals surface area contributed by atoms with Gasteiger partial charge in [-0.3, -0.25) is 4.79 Å². The van der Waals surface area contributed by atoms with Crippen LogP contribution in [0.1, 0.15) is 15.9 Å². The first-order chi connectivity index (χ1) is 10.7. The van der Waals surface area contributed by atoms with Crippen LogP contribution in [0, 0.1) is 6.92 Å². The molecule has 2 aromatic heterocycles. The molecule has 0 unspecified atom stereocenters. The fourth-order valence-electron chi connectivity index (χ4n) is 2.39. The fourth-order valence-corrected chi connectivity index (χ4v) is 2.39. The van der Waals surface area contributed by atoms with E-state index >= 15 is 0 Å². The van der Waals surface area contributed by atoms with E-state index in [0.717, 1.165) is 18.7 Å². The summed E-state index contributed by atoms with van der Waals surface area (Å²) in [7, 11) is 0. The van der Waals surface area contributed by atoms with Crippen molar-refractivity contribution >= 4 is 17.5 Å². The maximum atomic E-state index is 12.5. The van der Waals surface area contributed by atoms with Crippen molar-refractivity contribution in [2.24, 2.45) is 0 Å². The zero-order valence-corrected chi connectivity index (χ0v) is 12.5. The van der Waals surface area contributed by atoms with E-state index in [1.165, 1.54) is 0 Å². The second-order valence-electron chi connectivity index (χ2n) is 5.15. The summed E-state index contributed by atoms with van der Waals surface area (Å²) in [5, 5.41) is 2.83. The molecule has 0 bridgehead atoms. The van der Waals surface area contributed by atoms with Crippen molar-refractivity contribution in [2.75, 3.05) is 36.5 Å². The molecule has 6 heteroatoms. The van der Waals surface area contributed by atoms with Crippen molar-refractivity contribution in [3.8, 4) is 0 Å². The molecule has 1 saturated heterocycles. The van der Waals surface area contributed by atoms with E-state index in [-0.39, 0.29) is 5.91 Å². The van der Waals surface area contributed by atoms with E-state index in [4.69, 9.17) is 4.74 Å². The van der Waals surface area contributed by atoms with Crippen LogP contribution in [0.3, 0.4) is 0 Å². The topological polar surface area (TPSA) is 67.4 Å². The van der Waals surface area contributed by atoms with Crippen LogP contribution in [0.25, 0.3) is 0 Å². The molecule has 0 aliphatic carbocycles. The van der Waals surface area contributed by atoms with E-state index in [0.29, 0.717) is 30.4 Å². The number of carbonyl (C=O) groups is 1. The maximum absolute atomic E-state index is 12.5. The highest BCUT2D eigenvalue weighted by Crippen LogP contribution is 2.19. The Labute approximate surface area is 129 Å². The monoisotopic (exact) mass is 298 g/mol. The van der Waals surface area contributed by atoms with Gasteiger partial charge in [-0.05, 0) is 36.8 Å². The van der Waals surface area contributed by atoms with Gasteiger partial charge in [0.25, 0.3) is 5.91 Å². The summed E-state index contributed by atoms with van der Waals surface area (Å²) in [4.78, 5) is 23.1. The van der Waals surface area contributed by atoms with Gasteiger partial charge in [-0.25, -0.2) is 9.97 Å². The molecule has 22 heavy (non-hydrogen) atoms. The molecule has 0 saturated carbocycles. The van der Waals surface area contributed by atoms with Crippen LogP contribution in [-0.2, 0) is 4.74 Å². The standard InChI is InChI=1S/C16H18N4O2/c1-12-4-6-17-14(11-12)19-16(21)13-3-2-5-18-15(13)20-7-9-22-10-8-20/h2-6,11H,7-10H2,1H3,(H,17,19,21). The smallest absolute Gasteiger partial charge is 0.260 e. The van der Waals surface area contributed by atoms with Gasteiger partial charge >= 0.3 is 0 Å². The number of pyridine rings is 2. The SMILES string of the molecule is Cc1ccnc(NC(=O)c2cccnc2N2CCOCC2)c1. The Morgan fingerprint density at radius 2 is 2.05 bits per heavy atom. The summed E-state index contributed by atoms with van der Waals surface area (Å²) in [5.41, 5.74) is 1.59. The zero-order chi connectivity index (χ0) is 15.4. The predicted octanol–water partition coefficient (Wildman–Crippen LogP) is 1.87. The Balaban J connectivity index is 1.83. The van der Waals surface area contributed by atoms with Crippen molar-refractivity contribution in [1.29, 1.82) is 0 Å². The number of anilines is 2. The molecule has 3 rings (SSSR count). The van der Waals surface area contributed by atoms with Gasteiger partial charge in [0.2, 0.25) is 0 Å². The Bertz CT molecular complexity index is 669. The lowest BCUT2D eigenvalue weighted by Crippen LogP contribution is -2.38. The lowest BCUT2D eigenvalue weighted by molar-refractivity contribution is 0.102. The third-order valence-corrected chi connectivity index (χ3v) is 3.50. The first kappa shape index (κ1) is 14.5. The molecule has 3 heterocycles. The third kappa shape index (κ3) is 3.23. The van der Waals surface area contributed by atoms with E-state index in [1.54, 1.807) is 24.5 Å². The summed E-state index contributed by atoms with van der Waals surface area (Å²) in [5.74, 6) is 1.03. The molecule has 1 aliphatic heterocycles. The van der Waals surface area contributed by atoms with Crippen molar-refractivity contribution in [3.63, 3.8) is 0 Å². The van der Waals surface area contributed by atoms with Crippen LogP contribution in [0.4, 0.5) is 11.6 Å². The van der Waals surface area contributed by atoms with Gasteiger partial charge in [0.15, 0.2) is 0 Å². The van der Waals surface area contributed by atoms with Crippen LogP contribution >= 0.6 is 0 Å². The van der Waals surface area contributed by atoms with E-state index in [1.807, 2.05) is 19.1 Å². The lowest BCUT2D eigenvalue weighted by Gasteiger charge is -2.29. The Morgan fingerprint density at radius 1 is 1.23 bits per heavy atom. The normalized spacial score (nSPS) is 14.7. The van der Waals surface area contributed by atoms with E-state index in [9.17, 15) is 4.79 Å². The number of carbonyl (C=O) groups excluding carboxylic acids is 1. The van der Waals surface area contributed by atoms with E-state index < -0.39 is 0 Å². The molecular formula is C16H18N4O2. The number of amides is 1. The minimum Gasteiger partial charge on any atom is -0.378 e. The average Bonchev–Trinajstić information content (AvgIpc) is 2.56. The van der Waals surface area contributed by atoms with E-state index in [2.05, 4.69) is 20.2 Å². The van der Waals surface area contributed by atoms with Gasteiger partial charge < -0.3 is 15.0 Å². The maximum Gasteiger partial charge on any atom is 0.260 e. The van der Waals surface area contributed by atoms with Crippen LogP contribution in [0.2, 0.25) is 0 Å². The predicted molar refractivity (Wildman–Crippen MR) is 84.2 cm³/mol. The molecular weight excluding hydrogens is 280 g/mol.